The lowest BCUT2D eigenvalue weighted by Crippen LogP contribution is -2.13. The molecule has 0 aliphatic rings. The molecule has 30 heavy (non-hydrogen) atoms. The summed E-state index contributed by atoms with van der Waals surface area (Å²) in [5.74, 6) is 0.00157. The van der Waals surface area contributed by atoms with Gasteiger partial charge in [0.15, 0.2) is 0 Å². The molecule has 2 aromatic heterocycles. The zero-order chi connectivity index (χ0) is 21.7. The Labute approximate surface area is 179 Å². The smallest absolute Gasteiger partial charge is 0.270 e. The van der Waals surface area contributed by atoms with Gasteiger partial charge in [0, 0.05) is 40.6 Å². The van der Waals surface area contributed by atoms with Gasteiger partial charge in [0.1, 0.15) is 23.2 Å². The fourth-order valence-electron chi connectivity index (χ4n) is 2.33. The van der Waals surface area contributed by atoms with Gasteiger partial charge < -0.3 is 4.42 Å². The first kappa shape index (κ1) is 21.2. The Balaban J connectivity index is 1.76. The number of thioether (sulfide) groups is 1. The van der Waals surface area contributed by atoms with Gasteiger partial charge in [-0.15, -0.1) is 0 Å². The van der Waals surface area contributed by atoms with Crippen molar-refractivity contribution in [2.24, 2.45) is 0 Å². The van der Waals surface area contributed by atoms with Crippen molar-refractivity contribution in [2.75, 3.05) is 5.32 Å². The van der Waals surface area contributed by atoms with Gasteiger partial charge in [-0.2, -0.15) is 14.6 Å². The highest BCUT2D eigenvalue weighted by molar-refractivity contribution is 7.99. The van der Waals surface area contributed by atoms with Gasteiger partial charge in [0.25, 0.3) is 11.6 Å². The van der Waals surface area contributed by atoms with Crippen LogP contribution in [-0.4, -0.2) is 25.4 Å². The van der Waals surface area contributed by atoms with Crippen molar-refractivity contribution in [1.29, 1.82) is 5.26 Å². The molecule has 0 aliphatic heterocycles. The number of non-ortho nitro benzene ring substituents is 1. The number of nitrogens with one attached hydrogen (secondary N) is 1. The van der Waals surface area contributed by atoms with Gasteiger partial charge in [-0.1, -0.05) is 37.7 Å². The van der Waals surface area contributed by atoms with Gasteiger partial charge in [0.2, 0.25) is 10.3 Å². The first-order chi connectivity index (χ1) is 14.4. The molecule has 0 aliphatic carbocycles. The highest BCUT2D eigenvalue weighted by Crippen LogP contribution is 2.27. The quantitative estimate of drug-likeness (QED) is 0.182. The third-order valence-electron chi connectivity index (χ3n) is 3.59. The predicted octanol–water partition coefficient (Wildman–Crippen LogP) is 4.75. The molecule has 0 bridgehead atoms. The molecule has 0 fully saturated rings. The van der Waals surface area contributed by atoms with Crippen molar-refractivity contribution in [3.63, 3.8) is 0 Å². The van der Waals surface area contributed by atoms with Gasteiger partial charge in [-0.25, -0.2) is 0 Å². The molecule has 11 heteroatoms. The van der Waals surface area contributed by atoms with Gasteiger partial charge in [0.05, 0.1) is 4.92 Å². The number of aromatic nitrogens is 2. The summed E-state index contributed by atoms with van der Waals surface area (Å²) >= 11 is 2.50. The van der Waals surface area contributed by atoms with Crippen molar-refractivity contribution in [2.45, 2.75) is 24.3 Å². The van der Waals surface area contributed by atoms with Crippen LogP contribution in [0.1, 0.15) is 19.6 Å². The Bertz CT molecular complexity index is 1160. The van der Waals surface area contributed by atoms with Crippen molar-refractivity contribution in [1.82, 2.24) is 9.36 Å². The van der Waals surface area contributed by atoms with Crippen LogP contribution >= 0.6 is 23.3 Å². The van der Waals surface area contributed by atoms with E-state index in [0.717, 1.165) is 11.5 Å². The topological polar surface area (TPSA) is 135 Å². The van der Waals surface area contributed by atoms with Crippen LogP contribution in [0.2, 0.25) is 0 Å². The number of nitrogens with zero attached hydrogens (tertiary/aromatic N) is 4. The van der Waals surface area contributed by atoms with Gasteiger partial charge >= 0.3 is 0 Å². The van der Waals surface area contributed by atoms with E-state index in [-0.39, 0.29) is 17.0 Å². The van der Waals surface area contributed by atoms with E-state index in [1.54, 1.807) is 24.3 Å². The van der Waals surface area contributed by atoms with Crippen LogP contribution < -0.4 is 5.32 Å². The lowest BCUT2D eigenvalue weighted by atomic mass is 10.1. The zero-order valence-electron chi connectivity index (χ0n) is 15.9. The molecular weight excluding hydrogens is 426 g/mol. The molecule has 0 unspecified atom stereocenters. The van der Waals surface area contributed by atoms with E-state index in [9.17, 15) is 20.2 Å². The number of nitriles is 1. The molecular formula is C19H15N5O4S2. The molecule has 0 radical (unpaired) electrons. The predicted molar refractivity (Wildman–Crippen MR) is 114 cm³/mol. The summed E-state index contributed by atoms with van der Waals surface area (Å²) in [6, 6.07) is 11.0. The SMILES string of the molecule is CC(C)Sc1nsc(NC(=O)C(C#N)=Cc2ccc(-c3cccc([N+](=O)[O-])c3)o2)n1. The maximum atomic E-state index is 12.4. The first-order valence-electron chi connectivity index (χ1n) is 8.64. The normalized spacial score (nSPS) is 11.3. The number of nitro groups is 1. The fraction of sp³-hybridized carbons (Fsp3) is 0.158. The third kappa shape index (κ3) is 5.31. The molecule has 9 nitrogen and oxygen atoms in total. The van der Waals surface area contributed by atoms with E-state index in [0.29, 0.717) is 26.9 Å². The lowest BCUT2D eigenvalue weighted by Gasteiger charge is -2.00. The van der Waals surface area contributed by atoms with E-state index in [2.05, 4.69) is 14.7 Å². The first-order valence-corrected chi connectivity index (χ1v) is 10.3. The Morgan fingerprint density at radius 3 is 2.90 bits per heavy atom. The molecule has 1 amide bonds. The molecule has 3 rings (SSSR count). The summed E-state index contributed by atoms with van der Waals surface area (Å²) in [6.07, 6.45) is 1.29. The molecule has 1 aromatic carbocycles. The summed E-state index contributed by atoms with van der Waals surface area (Å²) in [5.41, 5.74) is 0.268. The summed E-state index contributed by atoms with van der Waals surface area (Å²) < 4.78 is 9.77. The number of benzene rings is 1. The highest BCUT2D eigenvalue weighted by Gasteiger charge is 2.15. The van der Waals surface area contributed by atoms with Crippen LogP contribution in [0, 0.1) is 21.4 Å². The molecule has 152 valence electrons. The summed E-state index contributed by atoms with van der Waals surface area (Å²) in [7, 11) is 0. The van der Waals surface area contributed by atoms with E-state index in [1.807, 2.05) is 19.9 Å². The largest absolute Gasteiger partial charge is 0.457 e. The Kier molecular flexibility index (Phi) is 6.61. The number of furan rings is 1. The van der Waals surface area contributed by atoms with Gasteiger partial charge in [-0.05, 0) is 12.1 Å². The van der Waals surface area contributed by atoms with Crippen LogP contribution in [0.4, 0.5) is 10.8 Å². The number of rotatable bonds is 7. The third-order valence-corrected chi connectivity index (χ3v) is 5.20. The van der Waals surface area contributed by atoms with Crippen LogP contribution in [0.25, 0.3) is 17.4 Å². The molecule has 0 saturated heterocycles. The minimum atomic E-state index is -0.636. The second-order valence-corrected chi connectivity index (χ2v) is 8.48. The second-order valence-electron chi connectivity index (χ2n) is 6.18. The number of amides is 1. The average molecular weight is 441 g/mol. The van der Waals surface area contributed by atoms with Crippen LogP contribution in [0.15, 0.2) is 51.5 Å². The molecule has 0 atom stereocenters. The maximum Gasteiger partial charge on any atom is 0.270 e. The minimum absolute atomic E-state index is 0.0647. The number of carbonyl (C=O) groups is 1. The van der Waals surface area contributed by atoms with E-state index in [1.165, 1.54) is 30.0 Å². The molecule has 2 heterocycles. The number of anilines is 1. The second kappa shape index (κ2) is 9.34. The van der Waals surface area contributed by atoms with Crippen LogP contribution in [-0.2, 0) is 4.79 Å². The maximum absolute atomic E-state index is 12.4. The number of carbonyl (C=O) groups excluding carboxylic acids is 1. The van der Waals surface area contributed by atoms with Crippen molar-refractivity contribution >= 4 is 46.1 Å². The standard InChI is InChI=1S/C19H15N5O4S2/c1-11(2)29-19-22-18(30-23-19)21-17(25)13(10-20)9-15-6-7-16(28-15)12-4-3-5-14(8-12)24(26)27/h3-9,11H,1-2H3,(H,21,22,23,25). The van der Waals surface area contributed by atoms with Crippen LogP contribution in [0.3, 0.4) is 0 Å². The number of hydrogen-bond donors (Lipinski definition) is 1. The minimum Gasteiger partial charge on any atom is -0.457 e. The zero-order valence-corrected chi connectivity index (χ0v) is 17.5. The molecule has 0 spiro atoms. The number of hydrogen-bond acceptors (Lipinski definition) is 9. The fourth-order valence-corrected chi connectivity index (χ4v) is 3.71. The summed E-state index contributed by atoms with van der Waals surface area (Å²) in [6.45, 7) is 4.01. The number of nitro benzene ring substituents is 1. The summed E-state index contributed by atoms with van der Waals surface area (Å²) in [4.78, 5) is 27.0. The van der Waals surface area contributed by atoms with E-state index >= 15 is 0 Å². The van der Waals surface area contributed by atoms with Crippen molar-refractivity contribution in [3.8, 4) is 17.4 Å². The Morgan fingerprint density at radius 1 is 1.40 bits per heavy atom. The molecule has 3 aromatic rings. The molecule has 1 N–H and O–H groups in total. The monoisotopic (exact) mass is 441 g/mol. The van der Waals surface area contributed by atoms with Crippen molar-refractivity contribution in [3.05, 3.63) is 57.8 Å². The van der Waals surface area contributed by atoms with Crippen molar-refractivity contribution < 1.29 is 14.1 Å². The lowest BCUT2D eigenvalue weighted by molar-refractivity contribution is -0.384. The Hall–Kier alpha value is -3.49. The summed E-state index contributed by atoms with van der Waals surface area (Å²) in [5, 5.41) is 24.0. The average Bonchev–Trinajstić information content (AvgIpc) is 3.35. The van der Waals surface area contributed by atoms with E-state index in [4.69, 9.17) is 4.42 Å². The van der Waals surface area contributed by atoms with Crippen LogP contribution in [0.5, 0.6) is 0 Å². The highest BCUT2D eigenvalue weighted by atomic mass is 32.2. The Morgan fingerprint density at radius 2 is 2.20 bits per heavy atom. The van der Waals surface area contributed by atoms with E-state index < -0.39 is 10.8 Å². The van der Waals surface area contributed by atoms with Gasteiger partial charge in [-0.3, -0.25) is 20.2 Å². The molecule has 0 saturated carbocycles.